The smallest absolute Gasteiger partial charge is 0.346 e. The highest BCUT2D eigenvalue weighted by Gasteiger charge is 2.28. The van der Waals surface area contributed by atoms with E-state index < -0.39 is 18.6 Å². The lowest BCUT2D eigenvalue weighted by atomic mass is 10.3. The Labute approximate surface area is 102 Å². The normalized spacial score (nSPS) is 16.4. The van der Waals surface area contributed by atoms with Crippen molar-refractivity contribution in [3.8, 4) is 0 Å². The van der Waals surface area contributed by atoms with Crippen LogP contribution in [0.4, 0.5) is 13.2 Å². The molecular formula is C10H13F3N4O. The van der Waals surface area contributed by atoms with Gasteiger partial charge in [-0.15, -0.1) is 0 Å². The van der Waals surface area contributed by atoms with E-state index in [0.717, 1.165) is 5.82 Å². The molecule has 0 fully saturated rings. The lowest BCUT2D eigenvalue weighted by Crippen LogP contribution is -2.43. The minimum atomic E-state index is -4.37. The standard InChI is InChI=1S/C10H13F3N4O/c11-10(12,13)7-15-9(18)6-16-3-4-17-2-1-14-8(17)5-16/h1-2H,3-7H2,(H,15,18). The number of carbonyl (C=O) groups excluding carboxylic acids is 1. The molecule has 18 heavy (non-hydrogen) atoms. The molecule has 5 nitrogen and oxygen atoms in total. The summed E-state index contributed by atoms with van der Waals surface area (Å²) in [6, 6.07) is 0. The lowest BCUT2D eigenvalue weighted by molar-refractivity contribution is -0.139. The number of nitrogens with zero attached hydrogens (tertiary/aromatic N) is 3. The number of amides is 1. The van der Waals surface area contributed by atoms with Crippen molar-refractivity contribution < 1.29 is 18.0 Å². The van der Waals surface area contributed by atoms with Crippen molar-refractivity contribution in [1.82, 2.24) is 19.8 Å². The maximum absolute atomic E-state index is 11.9. The van der Waals surface area contributed by atoms with Crippen molar-refractivity contribution in [2.45, 2.75) is 19.3 Å². The van der Waals surface area contributed by atoms with Gasteiger partial charge in [-0.1, -0.05) is 0 Å². The summed E-state index contributed by atoms with van der Waals surface area (Å²) < 4.78 is 37.7. The van der Waals surface area contributed by atoms with Gasteiger partial charge in [0.05, 0.1) is 13.1 Å². The first-order valence-corrected chi connectivity index (χ1v) is 5.50. The van der Waals surface area contributed by atoms with Crippen LogP contribution in [-0.2, 0) is 17.9 Å². The van der Waals surface area contributed by atoms with Gasteiger partial charge in [-0.3, -0.25) is 9.69 Å². The number of halogens is 3. The number of imidazole rings is 1. The zero-order chi connectivity index (χ0) is 13.2. The maximum Gasteiger partial charge on any atom is 0.405 e. The summed E-state index contributed by atoms with van der Waals surface area (Å²) in [4.78, 5) is 17.2. The Bertz CT molecular complexity index is 429. The molecular weight excluding hydrogens is 249 g/mol. The fourth-order valence-corrected chi connectivity index (χ4v) is 1.82. The summed E-state index contributed by atoms with van der Waals surface area (Å²) in [6.45, 7) is 0.481. The van der Waals surface area contributed by atoms with Gasteiger partial charge in [0.2, 0.25) is 5.91 Å². The predicted octanol–water partition coefficient (Wildman–Crippen LogP) is 0.377. The van der Waals surface area contributed by atoms with Crippen molar-refractivity contribution in [3.05, 3.63) is 18.2 Å². The summed E-state index contributed by atoms with van der Waals surface area (Å²) in [6.07, 6.45) is -0.854. The van der Waals surface area contributed by atoms with Gasteiger partial charge in [0.15, 0.2) is 0 Å². The van der Waals surface area contributed by atoms with E-state index in [1.54, 1.807) is 11.1 Å². The second-order valence-electron chi connectivity index (χ2n) is 4.14. The number of aromatic nitrogens is 2. The topological polar surface area (TPSA) is 50.2 Å². The first kappa shape index (κ1) is 12.9. The van der Waals surface area contributed by atoms with Gasteiger partial charge in [0.1, 0.15) is 12.4 Å². The van der Waals surface area contributed by atoms with Crippen LogP contribution in [0.15, 0.2) is 12.4 Å². The molecule has 1 amide bonds. The van der Waals surface area contributed by atoms with Crippen molar-refractivity contribution in [3.63, 3.8) is 0 Å². The molecule has 1 aliphatic rings. The van der Waals surface area contributed by atoms with E-state index in [2.05, 4.69) is 4.98 Å². The Morgan fingerprint density at radius 3 is 2.94 bits per heavy atom. The number of carbonyl (C=O) groups is 1. The molecule has 1 N–H and O–H groups in total. The summed E-state index contributed by atoms with van der Waals surface area (Å²) in [5.41, 5.74) is 0. The van der Waals surface area contributed by atoms with Crippen molar-refractivity contribution >= 4 is 5.91 Å². The molecule has 0 aliphatic carbocycles. The fraction of sp³-hybridized carbons (Fsp3) is 0.600. The summed E-state index contributed by atoms with van der Waals surface area (Å²) in [7, 11) is 0. The molecule has 2 rings (SSSR count). The minimum absolute atomic E-state index is 0.0388. The van der Waals surface area contributed by atoms with E-state index >= 15 is 0 Å². The molecule has 0 unspecified atom stereocenters. The van der Waals surface area contributed by atoms with Crippen molar-refractivity contribution in [1.29, 1.82) is 0 Å². The van der Waals surface area contributed by atoms with Crippen LogP contribution in [0.25, 0.3) is 0 Å². The predicted molar refractivity (Wildman–Crippen MR) is 56.6 cm³/mol. The number of alkyl halides is 3. The lowest BCUT2D eigenvalue weighted by Gasteiger charge is -2.26. The second-order valence-corrected chi connectivity index (χ2v) is 4.14. The number of fused-ring (bicyclic) bond motifs is 1. The average Bonchev–Trinajstić information content (AvgIpc) is 2.72. The van der Waals surface area contributed by atoms with Crippen molar-refractivity contribution in [2.24, 2.45) is 0 Å². The largest absolute Gasteiger partial charge is 0.405 e. The summed E-state index contributed by atoms with van der Waals surface area (Å²) >= 11 is 0. The Morgan fingerprint density at radius 1 is 1.44 bits per heavy atom. The maximum atomic E-state index is 11.9. The van der Waals surface area contributed by atoms with Gasteiger partial charge in [-0.05, 0) is 0 Å². The van der Waals surface area contributed by atoms with E-state index in [1.165, 1.54) is 0 Å². The highest BCUT2D eigenvalue weighted by Crippen LogP contribution is 2.12. The van der Waals surface area contributed by atoms with E-state index in [1.807, 2.05) is 16.1 Å². The van der Waals surface area contributed by atoms with Crippen molar-refractivity contribution in [2.75, 3.05) is 19.6 Å². The van der Waals surface area contributed by atoms with Gasteiger partial charge in [0.25, 0.3) is 0 Å². The van der Waals surface area contributed by atoms with Crippen LogP contribution < -0.4 is 5.32 Å². The third-order valence-corrected chi connectivity index (χ3v) is 2.68. The molecule has 0 saturated heterocycles. The first-order chi connectivity index (χ1) is 8.44. The number of nitrogens with one attached hydrogen (secondary N) is 1. The number of hydrogen-bond donors (Lipinski definition) is 1. The molecule has 0 spiro atoms. The molecule has 1 aromatic rings. The number of rotatable bonds is 3. The van der Waals surface area contributed by atoms with E-state index in [-0.39, 0.29) is 6.54 Å². The Morgan fingerprint density at radius 2 is 2.22 bits per heavy atom. The monoisotopic (exact) mass is 262 g/mol. The van der Waals surface area contributed by atoms with Gasteiger partial charge in [0, 0.05) is 25.5 Å². The molecule has 0 atom stereocenters. The van der Waals surface area contributed by atoms with E-state index in [9.17, 15) is 18.0 Å². The quantitative estimate of drug-likeness (QED) is 0.856. The van der Waals surface area contributed by atoms with Crippen LogP contribution in [0.2, 0.25) is 0 Å². The van der Waals surface area contributed by atoms with Gasteiger partial charge in [-0.2, -0.15) is 13.2 Å². The zero-order valence-electron chi connectivity index (χ0n) is 9.57. The highest BCUT2D eigenvalue weighted by atomic mass is 19.4. The van der Waals surface area contributed by atoms with Gasteiger partial charge in [-0.25, -0.2) is 4.98 Å². The minimum Gasteiger partial charge on any atom is -0.346 e. The van der Waals surface area contributed by atoms with Gasteiger partial charge < -0.3 is 9.88 Å². The molecule has 0 aromatic carbocycles. The molecule has 8 heteroatoms. The SMILES string of the molecule is O=C(CN1CCn2ccnc2C1)NCC(F)(F)F. The Balaban J connectivity index is 1.79. The van der Waals surface area contributed by atoms with Crippen LogP contribution in [0, 0.1) is 0 Å². The van der Waals surface area contributed by atoms with Crippen LogP contribution in [0.1, 0.15) is 5.82 Å². The van der Waals surface area contributed by atoms with Crippen LogP contribution in [0.5, 0.6) is 0 Å². The highest BCUT2D eigenvalue weighted by molar-refractivity contribution is 5.78. The number of hydrogen-bond acceptors (Lipinski definition) is 3. The second kappa shape index (κ2) is 4.97. The Kier molecular flexibility index (Phi) is 3.55. The molecule has 1 aromatic heterocycles. The van der Waals surface area contributed by atoms with Crippen LogP contribution in [-0.4, -0.2) is 46.2 Å². The van der Waals surface area contributed by atoms with E-state index in [4.69, 9.17) is 0 Å². The molecule has 100 valence electrons. The Hall–Kier alpha value is -1.57. The average molecular weight is 262 g/mol. The van der Waals surface area contributed by atoms with E-state index in [0.29, 0.717) is 19.6 Å². The van der Waals surface area contributed by atoms with Crippen LogP contribution in [0.3, 0.4) is 0 Å². The molecule has 1 aliphatic heterocycles. The molecule has 0 radical (unpaired) electrons. The summed E-state index contributed by atoms with van der Waals surface area (Å²) in [5.74, 6) is 0.206. The third-order valence-electron chi connectivity index (χ3n) is 2.68. The molecule has 0 bridgehead atoms. The third kappa shape index (κ3) is 3.46. The van der Waals surface area contributed by atoms with Gasteiger partial charge >= 0.3 is 6.18 Å². The summed E-state index contributed by atoms with van der Waals surface area (Å²) in [5, 5.41) is 1.85. The fourth-order valence-electron chi connectivity index (χ4n) is 1.82. The molecule has 0 saturated carbocycles. The van der Waals surface area contributed by atoms with Crippen LogP contribution >= 0.6 is 0 Å². The molecule has 2 heterocycles. The first-order valence-electron chi connectivity index (χ1n) is 5.50. The zero-order valence-corrected chi connectivity index (χ0v) is 9.57.